The number of rotatable bonds is 6. The van der Waals surface area contributed by atoms with Crippen molar-refractivity contribution in [3.8, 4) is 0 Å². The molecule has 0 spiro atoms. The Balaban J connectivity index is 2.18. The summed E-state index contributed by atoms with van der Waals surface area (Å²) in [6.07, 6.45) is 0.828. The van der Waals surface area contributed by atoms with Crippen molar-refractivity contribution in [2.24, 2.45) is 5.92 Å². The second kappa shape index (κ2) is 8.99. The number of para-hydroxylation sites is 1. The Morgan fingerprint density at radius 1 is 1.08 bits per heavy atom. The molecule has 0 aliphatic carbocycles. The Morgan fingerprint density at radius 3 is 2.31 bits per heavy atom. The van der Waals surface area contributed by atoms with Crippen molar-refractivity contribution in [2.45, 2.75) is 40.2 Å². The molecule has 0 aliphatic heterocycles. The van der Waals surface area contributed by atoms with Crippen molar-refractivity contribution < 1.29 is 9.59 Å². The lowest BCUT2D eigenvalue weighted by atomic mass is 10.0. The van der Waals surface area contributed by atoms with Crippen LogP contribution in [0.5, 0.6) is 0 Å². The van der Waals surface area contributed by atoms with Crippen LogP contribution in [0.3, 0.4) is 0 Å². The van der Waals surface area contributed by atoms with Crippen molar-refractivity contribution in [3.05, 3.63) is 63.6 Å². The van der Waals surface area contributed by atoms with E-state index in [1.807, 2.05) is 39.0 Å². The summed E-state index contributed by atoms with van der Waals surface area (Å²) in [5, 5.41) is 5.88. The predicted octanol–water partition coefficient (Wildman–Crippen LogP) is 4.71. The summed E-state index contributed by atoms with van der Waals surface area (Å²) in [6, 6.07) is 12.4. The summed E-state index contributed by atoms with van der Waals surface area (Å²) in [7, 11) is 0. The van der Waals surface area contributed by atoms with Gasteiger partial charge < -0.3 is 10.6 Å². The summed E-state index contributed by atoms with van der Waals surface area (Å²) in [5.41, 5.74) is 3.46. The van der Waals surface area contributed by atoms with Crippen LogP contribution in [0.1, 0.15) is 42.3 Å². The smallest absolute Gasteiger partial charge is 0.251 e. The SMILES string of the molecule is CCc1cccc(C)c1NC(=O)[C@@H](NC(=O)c1ccc(Br)cc1)C(C)C. The number of amides is 2. The van der Waals surface area contributed by atoms with E-state index in [1.54, 1.807) is 24.3 Å². The van der Waals surface area contributed by atoms with Gasteiger partial charge in [-0.25, -0.2) is 0 Å². The van der Waals surface area contributed by atoms with E-state index in [0.29, 0.717) is 5.56 Å². The first-order chi connectivity index (χ1) is 12.3. The van der Waals surface area contributed by atoms with Crippen molar-refractivity contribution >= 4 is 33.4 Å². The summed E-state index contributed by atoms with van der Waals surface area (Å²) in [4.78, 5) is 25.4. The third-order valence-electron chi connectivity index (χ3n) is 4.33. The number of carbonyl (C=O) groups is 2. The van der Waals surface area contributed by atoms with E-state index in [0.717, 1.165) is 27.7 Å². The molecule has 2 rings (SSSR count). The third kappa shape index (κ3) is 4.94. The first-order valence-electron chi connectivity index (χ1n) is 8.79. The van der Waals surface area contributed by atoms with Crippen LogP contribution in [0, 0.1) is 12.8 Å². The molecule has 26 heavy (non-hydrogen) atoms. The highest BCUT2D eigenvalue weighted by molar-refractivity contribution is 9.10. The molecule has 0 bridgehead atoms. The molecule has 0 heterocycles. The van der Waals surface area contributed by atoms with Gasteiger partial charge in [-0.1, -0.05) is 54.9 Å². The molecule has 4 nitrogen and oxygen atoms in total. The first kappa shape index (κ1) is 20.2. The fraction of sp³-hybridized carbons (Fsp3) is 0.333. The lowest BCUT2D eigenvalue weighted by molar-refractivity contribution is -0.118. The Kier molecular flexibility index (Phi) is 6.98. The molecule has 2 N–H and O–H groups in total. The number of carbonyl (C=O) groups excluding carboxylic acids is 2. The number of hydrogen-bond acceptors (Lipinski definition) is 2. The van der Waals surface area contributed by atoms with Crippen molar-refractivity contribution in [3.63, 3.8) is 0 Å². The van der Waals surface area contributed by atoms with E-state index >= 15 is 0 Å². The highest BCUT2D eigenvalue weighted by Gasteiger charge is 2.25. The van der Waals surface area contributed by atoms with Crippen LogP contribution in [0.15, 0.2) is 46.9 Å². The Morgan fingerprint density at radius 2 is 1.73 bits per heavy atom. The highest BCUT2D eigenvalue weighted by Crippen LogP contribution is 2.22. The van der Waals surface area contributed by atoms with Crippen LogP contribution in [-0.2, 0) is 11.2 Å². The number of aryl methyl sites for hydroxylation is 2. The lowest BCUT2D eigenvalue weighted by Gasteiger charge is -2.23. The Labute approximate surface area is 163 Å². The molecule has 5 heteroatoms. The normalized spacial score (nSPS) is 11.9. The average Bonchev–Trinajstić information content (AvgIpc) is 2.61. The van der Waals surface area contributed by atoms with Gasteiger partial charge in [0.2, 0.25) is 5.91 Å². The minimum atomic E-state index is -0.615. The van der Waals surface area contributed by atoms with E-state index in [2.05, 4.69) is 33.5 Å². The molecule has 0 saturated carbocycles. The molecule has 0 unspecified atom stereocenters. The average molecular weight is 417 g/mol. The molecule has 1 atom stereocenters. The van der Waals surface area contributed by atoms with Gasteiger partial charge in [0.25, 0.3) is 5.91 Å². The van der Waals surface area contributed by atoms with Crippen LogP contribution in [0.2, 0.25) is 0 Å². The zero-order valence-electron chi connectivity index (χ0n) is 15.6. The number of nitrogens with one attached hydrogen (secondary N) is 2. The second-order valence-corrected chi connectivity index (χ2v) is 7.57. The third-order valence-corrected chi connectivity index (χ3v) is 4.86. The summed E-state index contributed by atoms with van der Waals surface area (Å²) in [6.45, 7) is 7.87. The van der Waals surface area contributed by atoms with Crippen molar-refractivity contribution in [1.82, 2.24) is 5.32 Å². The van der Waals surface area contributed by atoms with Crippen LogP contribution >= 0.6 is 15.9 Å². The van der Waals surface area contributed by atoms with Gasteiger partial charge in [0, 0.05) is 15.7 Å². The molecule has 2 amide bonds. The lowest BCUT2D eigenvalue weighted by Crippen LogP contribution is -2.47. The number of halogens is 1. The molecular weight excluding hydrogens is 392 g/mol. The Hall–Kier alpha value is -2.14. The van der Waals surface area contributed by atoms with Gasteiger partial charge in [0.05, 0.1) is 0 Å². The van der Waals surface area contributed by atoms with E-state index in [-0.39, 0.29) is 17.7 Å². The second-order valence-electron chi connectivity index (χ2n) is 6.65. The maximum atomic E-state index is 12.9. The van der Waals surface area contributed by atoms with Crippen LogP contribution in [0.4, 0.5) is 5.69 Å². The van der Waals surface area contributed by atoms with Crippen LogP contribution < -0.4 is 10.6 Å². The summed E-state index contributed by atoms with van der Waals surface area (Å²) < 4.78 is 0.902. The number of anilines is 1. The molecule has 2 aromatic carbocycles. The van der Waals surface area contributed by atoms with Crippen molar-refractivity contribution in [2.75, 3.05) is 5.32 Å². The minimum absolute atomic E-state index is 0.0384. The molecule has 0 aromatic heterocycles. The summed E-state index contributed by atoms with van der Waals surface area (Å²) >= 11 is 3.35. The van der Waals surface area contributed by atoms with E-state index in [4.69, 9.17) is 0 Å². The predicted molar refractivity (Wildman–Crippen MR) is 109 cm³/mol. The van der Waals surface area contributed by atoms with Crippen molar-refractivity contribution in [1.29, 1.82) is 0 Å². The maximum absolute atomic E-state index is 12.9. The van der Waals surface area contributed by atoms with Crippen LogP contribution in [0.25, 0.3) is 0 Å². The molecule has 0 aliphatic rings. The number of hydrogen-bond donors (Lipinski definition) is 2. The molecular formula is C21H25BrN2O2. The monoisotopic (exact) mass is 416 g/mol. The quantitative estimate of drug-likeness (QED) is 0.715. The highest BCUT2D eigenvalue weighted by atomic mass is 79.9. The minimum Gasteiger partial charge on any atom is -0.340 e. The fourth-order valence-electron chi connectivity index (χ4n) is 2.76. The van der Waals surface area contributed by atoms with Gasteiger partial charge in [-0.3, -0.25) is 9.59 Å². The topological polar surface area (TPSA) is 58.2 Å². The standard InChI is InChI=1S/C21H25BrN2O2/c1-5-15-8-6-7-14(4)19(15)24-21(26)18(13(2)3)23-20(25)16-9-11-17(22)12-10-16/h6-13,18H,5H2,1-4H3,(H,23,25)(H,24,26)/t18-/m0/s1. The zero-order chi connectivity index (χ0) is 19.3. The molecule has 0 saturated heterocycles. The van der Waals surface area contributed by atoms with Crippen LogP contribution in [-0.4, -0.2) is 17.9 Å². The maximum Gasteiger partial charge on any atom is 0.251 e. The fourth-order valence-corrected chi connectivity index (χ4v) is 3.03. The van der Waals surface area contributed by atoms with Gasteiger partial charge in [-0.15, -0.1) is 0 Å². The van der Waals surface area contributed by atoms with E-state index in [1.165, 1.54) is 0 Å². The largest absolute Gasteiger partial charge is 0.340 e. The zero-order valence-corrected chi connectivity index (χ0v) is 17.2. The van der Waals surface area contributed by atoms with E-state index < -0.39 is 6.04 Å². The van der Waals surface area contributed by atoms with Gasteiger partial charge in [0.15, 0.2) is 0 Å². The summed E-state index contributed by atoms with van der Waals surface area (Å²) in [5.74, 6) is -0.496. The first-order valence-corrected chi connectivity index (χ1v) is 9.58. The number of benzene rings is 2. The molecule has 138 valence electrons. The van der Waals surface area contributed by atoms with E-state index in [9.17, 15) is 9.59 Å². The molecule has 0 fully saturated rings. The Bertz CT molecular complexity index is 785. The van der Waals surface area contributed by atoms with Gasteiger partial charge in [-0.2, -0.15) is 0 Å². The van der Waals surface area contributed by atoms with Gasteiger partial charge >= 0.3 is 0 Å². The van der Waals surface area contributed by atoms with Gasteiger partial charge in [0.1, 0.15) is 6.04 Å². The van der Waals surface area contributed by atoms with Gasteiger partial charge in [-0.05, 0) is 54.7 Å². The molecule has 2 aromatic rings. The molecule has 0 radical (unpaired) electrons.